The van der Waals surface area contributed by atoms with E-state index in [0.717, 1.165) is 12.8 Å². The molecule has 114 valence electrons. The fraction of sp³-hybridized carbons (Fsp3) is 0.400. The van der Waals surface area contributed by atoms with Gasteiger partial charge in [0.2, 0.25) is 0 Å². The smallest absolute Gasteiger partial charge is 0.394 e. The first-order chi connectivity index (χ1) is 9.15. The molecule has 0 atom stereocenters. The largest absolute Gasteiger partial charge is 0.491 e. The molecule has 10 heteroatoms. The minimum atomic E-state index is -4.67. The van der Waals surface area contributed by atoms with Crippen molar-refractivity contribution in [2.75, 3.05) is 12.3 Å². The zero-order valence-electron chi connectivity index (χ0n) is 10.7. The van der Waals surface area contributed by atoms with Crippen molar-refractivity contribution in [3.05, 3.63) is 28.3 Å². The number of nitrogen functional groups attached to an aromatic ring is 1. The Hall–Kier alpha value is -1.91. The first kappa shape index (κ1) is 18.1. The number of benzene rings is 1. The van der Waals surface area contributed by atoms with Gasteiger partial charge in [0.15, 0.2) is 0 Å². The van der Waals surface area contributed by atoms with Crippen molar-refractivity contribution in [3.63, 3.8) is 0 Å². The molecular formula is C10H16N2O7S. The highest BCUT2D eigenvalue weighted by Gasteiger charge is 2.09. The van der Waals surface area contributed by atoms with E-state index in [1.54, 1.807) is 0 Å². The van der Waals surface area contributed by atoms with Gasteiger partial charge in [-0.15, -0.1) is 0 Å². The summed E-state index contributed by atoms with van der Waals surface area (Å²) in [5, 5.41) is 10.5. The predicted octanol–water partition coefficient (Wildman–Crippen LogP) is 1.70. The highest BCUT2D eigenvalue weighted by molar-refractivity contribution is 7.79. The molecule has 0 aliphatic rings. The molecule has 0 unspecified atom stereocenters. The number of nitrogens with zero attached hydrogens (tertiary/aromatic N) is 1. The average molecular weight is 308 g/mol. The second-order valence-corrected chi connectivity index (χ2v) is 4.52. The number of rotatable bonds is 5. The first-order valence-electron chi connectivity index (χ1n) is 5.51. The third kappa shape index (κ3) is 9.08. The number of nitro groups is 1. The molecule has 1 aromatic rings. The van der Waals surface area contributed by atoms with Crippen LogP contribution in [0.1, 0.15) is 19.8 Å². The highest BCUT2D eigenvalue weighted by atomic mass is 32.3. The summed E-state index contributed by atoms with van der Waals surface area (Å²) in [6, 6.07) is 4.20. The van der Waals surface area contributed by atoms with Crippen molar-refractivity contribution in [2.45, 2.75) is 19.8 Å². The summed E-state index contributed by atoms with van der Waals surface area (Å²) in [5.74, 6) is 0.387. The molecule has 9 nitrogen and oxygen atoms in total. The van der Waals surface area contributed by atoms with Gasteiger partial charge in [0.05, 0.1) is 23.3 Å². The average Bonchev–Trinajstić information content (AvgIpc) is 2.29. The van der Waals surface area contributed by atoms with E-state index >= 15 is 0 Å². The molecule has 0 aliphatic heterocycles. The third-order valence-electron chi connectivity index (χ3n) is 1.96. The standard InChI is InChI=1S/C10H14N2O3.H2O4S/c1-2-3-6-15-10-7-8(12(13)14)4-5-9(10)11;1-5(2,3)4/h4-5,7H,2-3,6,11H2,1H3;(H2,1,2,3,4). The van der Waals surface area contributed by atoms with Gasteiger partial charge in [-0.25, -0.2) is 0 Å². The second-order valence-electron chi connectivity index (χ2n) is 3.63. The van der Waals surface area contributed by atoms with Crippen molar-refractivity contribution in [2.24, 2.45) is 0 Å². The molecule has 0 amide bonds. The van der Waals surface area contributed by atoms with E-state index in [9.17, 15) is 10.1 Å². The molecule has 0 fully saturated rings. The monoisotopic (exact) mass is 308 g/mol. The number of hydrogen-bond acceptors (Lipinski definition) is 6. The molecule has 4 N–H and O–H groups in total. The maximum Gasteiger partial charge on any atom is 0.394 e. The molecule has 0 aliphatic carbocycles. The van der Waals surface area contributed by atoms with Crippen LogP contribution in [0.3, 0.4) is 0 Å². The summed E-state index contributed by atoms with van der Waals surface area (Å²) in [5.41, 5.74) is 6.05. The molecule has 0 saturated carbocycles. The Morgan fingerprint density at radius 3 is 2.40 bits per heavy atom. The van der Waals surface area contributed by atoms with Gasteiger partial charge in [0.25, 0.3) is 5.69 Å². The fourth-order valence-corrected chi connectivity index (χ4v) is 1.09. The summed E-state index contributed by atoms with van der Waals surface area (Å²) in [6.07, 6.45) is 1.91. The van der Waals surface area contributed by atoms with E-state index in [4.69, 9.17) is 28.0 Å². The Balaban J connectivity index is 0.000000621. The molecule has 0 radical (unpaired) electrons. The Kier molecular flexibility index (Phi) is 7.51. The van der Waals surface area contributed by atoms with E-state index in [1.807, 2.05) is 6.92 Å². The quantitative estimate of drug-likeness (QED) is 0.244. The normalized spacial score (nSPS) is 10.3. The summed E-state index contributed by atoms with van der Waals surface area (Å²) < 4.78 is 36.9. The Labute approximate surface area is 116 Å². The highest BCUT2D eigenvalue weighted by Crippen LogP contribution is 2.26. The Morgan fingerprint density at radius 2 is 1.95 bits per heavy atom. The number of ether oxygens (including phenoxy) is 1. The van der Waals surface area contributed by atoms with Crippen LogP contribution in [0.4, 0.5) is 11.4 Å². The van der Waals surface area contributed by atoms with Crippen molar-refractivity contribution in [1.82, 2.24) is 0 Å². The minimum Gasteiger partial charge on any atom is -0.491 e. The molecule has 1 rings (SSSR count). The zero-order valence-corrected chi connectivity index (χ0v) is 11.5. The SMILES string of the molecule is CCCCOc1cc([N+](=O)[O-])ccc1N.O=S(=O)(O)O. The van der Waals surface area contributed by atoms with Crippen LogP contribution in [0.2, 0.25) is 0 Å². The molecule has 0 heterocycles. The van der Waals surface area contributed by atoms with Crippen LogP contribution in [0.5, 0.6) is 5.75 Å². The van der Waals surface area contributed by atoms with Gasteiger partial charge in [-0.3, -0.25) is 19.2 Å². The maximum atomic E-state index is 10.5. The molecule has 1 aromatic carbocycles. The van der Waals surface area contributed by atoms with Crippen molar-refractivity contribution >= 4 is 21.8 Å². The van der Waals surface area contributed by atoms with Gasteiger partial charge in [-0.2, -0.15) is 8.42 Å². The summed E-state index contributed by atoms with van der Waals surface area (Å²) >= 11 is 0. The van der Waals surface area contributed by atoms with Gasteiger partial charge in [0, 0.05) is 6.07 Å². The van der Waals surface area contributed by atoms with E-state index in [-0.39, 0.29) is 5.69 Å². The Morgan fingerprint density at radius 1 is 1.40 bits per heavy atom. The number of hydrogen-bond donors (Lipinski definition) is 3. The van der Waals surface area contributed by atoms with Gasteiger partial charge in [-0.1, -0.05) is 13.3 Å². The molecule has 20 heavy (non-hydrogen) atoms. The summed E-state index contributed by atoms with van der Waals surface area (Å²) in [6.45, 7) is 2.57. The Bertz CT molecular complexity index is 537. The van der Waals surface area contributed by atoms with Crippen LogP contribution in [0.25, 0.3) is 0 Å². The van der Waals surface area contributed by atoms with E-state index < -0.39 is 15.3 Å². The molecular weight excluding hydrogens is 292 g/mol. The van der Waals surface area contributed by atoms with Gasteiger partial charge in [0.1, 0.15) is 5.75 Å². The lowest BCUT2D eigenvalue weighted by Crippen LogP contribution is -2.00. The summed E-state index contributed by atoms with van der Waals surface area (Å²) in [7, 11) is -4.67. The molecule has 0 bridgehead atoms. The van der Waals surface area contributed by atoms with Gasteiger partial charge in [-0.05, 0) is 12.5 Å². The fourth-order valence-electron chi connectivity index (χ4n) is 1.09. The topological polar surface area (TPSA) is 153 Å². The van der Waals surface area contributed by atoms with Gasteiger partial charge < -0.3 is 10.5 Å². The van der Waals surface area contributed by atoms with Crippen LogP contribution in [-0.4, -0.2) is 29.1 Å². The van der Waals surface area contributed by atoms with Crippen molar-refractivity contribution in [3.8, 4) is 5.75 Å². The summed E-state index contributed by atoms with van der Waals surface area (Å²) in [4.78, 5) is 10.0. The van der Waals surface area contributed by atoms with Crippen LogP contribution in [0.15, 0.2) is 18.2 Å². The number of nitrogens with two attached hydrogens (primary N) is 1. The van der Waals surface area contributed by atoms with E-state index in [0.29, 0.717) is 18.0 Å². The lowest BCUT2D eigenvalue weighted by Gasteiger charge is -2.07. The maximum absolute atomic E-state index is 10.5. The second kappa shape index (κ2) is 8.30. The lowest BCUT2D eigenvalue weighted by molar-refractivity contribution is -0.384. The molecule has 0 spiro atoms. The van der Waals surface area contributed by atoms with Gasteiger partial charge >= 0.3 is 10.4 Å². The van der Waals surface area contributed by atoms with Crippen molar-refractivity contribution in [1.29, 1.82) is 0 Å². The molecule has 0 saturated heterocycles. The predicted molar refractivity (Wildman–Crippen MR) is 72.1 cm³/mol. The molecule has 0 aromatic heterocycles. The van der Waals surface area contributed by atoms with E-state index in [2.05, 4.69) is 0 Å². The van der Waals surface area contributed by atoms with Crippen LogP contribution in [-0.2, 0) is 10.4 Å². The number of anilines is 1. The number of unbranched alkanes of at least 4 members (excludes halogenated alkanes) is 1. The van der Waals surface area contributed by atoms with Crippen LogP contribution >= 0.6 is 0 Å². The minimum absolute atomic E-state index is 0.00398. The first-order valence-corrected chi connectivity index (χ1v) is 6.91. The number of nitro benzene ring substituents is 1. The van der Waals surface area contributed by atoms with Crippen LogP contribution < -0.4 is 10.5 Å². The lowest BCUT2D eigenvalue weighted by atomic mass is 10.2. The van der Waals surface area contributed by atoms with E-state index in [1.165, 1.54) is 18.2 Å². The third-order valence-corrected chi connectivity index (χ3v) is 1.96. The zero-order chi connectivity index (χ0) is 15.8. The number of non-ortho nitro benzene ring substituents is 1. The van der Waals surface area contributed by atoms with Crippen molar-refractivity contribution < 1.29 is 27.2 Å². The van der Waals surface area contributed by atoms with Crippen LogP contribution in [0, 0.1) is 10.1 Å².